The average Bonchev–Trinajstić information content (AvgIpc) is 2.88. The van der Waals surface area contributed by atoms with Crippen molar-refractivity contribution < 1.29 is 4.79 Å². The second-order valence-electron chi connectivity index (χ2n) is 6.77. The van der Waals surface area contributed by atoms with E-state index in [2.05, 4.69) is 24.5 Å². The zero-order chi connectivity index (χ0) is 13.0. The van der Waals surface area contributed by atoms with E-state index < -0.39 is 0 Å². The van der Waals surface area contributed by atoms with E-state index in [1.54, 1.807) is 0 Å². The van der Waals surface area contributed by atoms with Crippen LogP contribution in [0.25, 0.3) is 0 Å². The molecule has 1 atom stereocenters. The summed E-state index contributed by atoms with van der Waals surface area (Å²) in [4.78, 5) is 11.8. The molecule has 0 radical (unpaired) electrons. The van der Waals surface area contributed by atoms with Gasteiger partial charge in [0.2, 0.25) is 5.91 Å². The lowest BCUT2D eigenvalue weighted by molar-refractivity contribution is -0.121. The minimum Gasteiger partial charge on any atom is -0.356 e. The van der Waals surface area contributed by atoms with Crippen LogP contribution in [-0.2, 0) is 4.79 Å². The molecular weight excluding hydrogens is 224 g/mol. The van der Waals surface area contributed by atoms with E-state index in [-0.39, 0.29) is 5.91 Å². The van der Waals surface area contributed by atoms with Crippen LogP contribution >= 0.6 is 0 Å². The molecule has 0 aromatic carbocycles. The number of hydrogen-bond donors (Lipinski definition) is 2. The van der Waals surface area contributed by atoms with Gasteiger partial charge in [-0.15, -0.1) is 0 Å². The van der Waals surface area contributed by atoms with Crippen molar-refractivity contribution in [3.05, 3.63) is 0 Å². The number of amides is 1. The molecule has 0 bridgehead atoms. The van der Waals surface area contributed by atoms with E-state index in [9.17, 15) is 4.79 Å². The topological polar surface area (TPSA) is 41.1 Å². The van der Waals surface area contributed by atoms with E-state index in [1.807, 2.05) is 0 Å². The van der Waals surface area contributed by atoms with Gasteiger partial charge in [0.15, 0.2) is 0 Å². The molecule has 1 aliphatic carbocycles. The molecule has 3 heteroatoms. The molecule has 2 rings (SSSR count). The molecule has 2 aliphatic rings. The fourth-order valence-electron chi connectivity index (χ4n) is 3.17. The van der Waals surface area contributed by atoms with Crippen LogP contribution in [0.5, 0.6) is 0 Å². The number of carbonyl (C=O) groups excluding carboxylic acids is 1. The van der Waals surface area contributed by atoms with Gasteiger partial charge in [0, 0.05) is 13.0 Å². The third-order valence-corrected chi connectivity index (χ3v) is 4.40. The first-order valence-electron chi connectivity index (χ1n) is 7.57. The minimum atomic E-state index is 0.261. The molecule has 1 saturated carbocycles. The Morgan fingerprint density at radius 3 is 2.78 bits per heavy atom. The van der Waals surface area contributed by atoms with Gasteiger partial charge in [-0.25, -0.2) is 0 Å². The smallest absolute Gasteiger partial charge is 0.220 e. The predicted octanol–water partition coefficient (Wildman–Crippen LogP) is 2.32. The van der Waals surface area contributed by atoms with Gasteiger partial charge >= 0.3 is 0 Å². The molecule has 1 heterocycles. The summed E-state index contributed by atoms with van der Waals surface area (Å²) in [5.74, 6) is 1.73. The fourth-order valence-corrected chi connectivity index (χ4v) is 3.17. The summed E-state index contributed by atoms with van der Waals surface area (Å²) in [7, 11) is 0. The molecule has 18 heavy (non-hydrogen) atoms. The average molecular weight is 252 g/mol. The molecule has 2 fully saturated rings. The van der Waals surface area contributed by atoms with Crippen LogP contribution in [0.1, 0.15) is 52.4 Å². The number of rotatable bonds is 7. The highest BCUT2D eigenvalue weighted by atomic mass is 16.1. The Labute approximate surface area is 111 Å². The Kier molecular flexibility index (Phi) is 4.66. The van der Waals surface area contributed by atoms with Gasteiger partial charge in [-0.1, -0.05) is 13.8 Å². The molecule has 104 valence electrons. The van der Waals surface area contributed by atoms with E-state index in [1.165, 1.54) is 25.7 Å². The lowest BCUT2D eigenvalue weighted by Crippen LogP contribution is -2.31. The number of hydrogen-bond acceptors (Lipinski definition) is 2. The summed E-state index contributed by atoms with van der Waals surface area (Å²) < 4.78 is 0. The monoisotopic (exact) mass is 252 g/mol. The molecule has 1 unspecified atom stereocenters. The minimum absolute atomic E-state index is 0.261. The van der Waals surface area contributed by atoms with Crippen molar-refractivity contribution in [3.8, 4) is 0 Å². The zero-order valence-electron chi connectivity index (χ0n) is 11.9. The molecule has 3 nitrogen and oxygen atoms in total. The third-order valence-electron chi connectivity index (χ3n) is 4.40. The van der Waals surface area contributed by atoms with E-state index >= 15 is 0 Å². The number of carbonyl (C=O) groups is 1. The molecule has 1 amide bonds. The van der Waals surface area contributed by atoms with Crippen LogP contribution in [0.2, 0.25) is 0 Å². The third kappa shape index (κ3) is 4.27. The summed E-state index contributed by atoms with van der Waals surface area (Å²) >= 11 is 0. The van der Waals surface area contributed by atoms with Crippen LogP contribution in [0, 0.1) is 17.3 Å². The summed E-state index contributed by atoms with van der Waals surface area (Å²) in [6, 6.07) is 0. The first kappa shape index (κ1) is 13.9. The van der Waals surface area contributed by atoms with Gasteiger partial charge in [-0.2, -0.15) is 0 Å². The van der Waals surface area contributed by atoms with Crippen molar-refractivity contribution in [2.24, 2.45) is 17.3 Å². The first-order valence-corrected chi connectivity index (χ1v) is 7.57. The van der Waals surface area contributed by atoms with E-state index in [4.69, 9.17) is 0 Å². The first-order chi connectivity index (χ1) is 8.60. The Morgan fingerprint density at radius 2 is 2.22 bits per heavy atom. The lowest BCUT2D eigenvalue weighted by atomic mass is 9.94. The molecule has 0 aromatic rings. The summed E-state index contributed by atoms with van der Waals surface area (Å²) in [6.45, 7) is 7.69. The summed E-state index contributed by atoms with van der Waals surface area (Å²) in [5.41, 5.74) is 0.457. The standard InChI is InChI=1S/C15H28N2O/c1-12(2)9-15(6-7-15)11-17-14(18)4-3-13-5-8-16-10-13/h12-13,16H,3-11H2,1-2H3,(H,17,18). The second kappa shape index (κ2) is 6.05. The second-order valence-corrected chi connectivity index (χ2v) is 6.77. The molecule has 0 spiro atoms. The SMILES string of the molecule is CC(C)CC1(CNC(=O)CCC2CCNC2)CC1. The quantitative estimate of drug-likeness (QED) is 0.730. The van der Waals surface area contributed by atoms with Gasteiger partial charge in [0.05, 0.1) is 0 Å². The number of nitrogens with one attached hydrogen (secondary N) is 2. The molecule has 2 N–H and O–H groups in total. The van der Waals surface area contributed by atoms with Crippen molar-refractivity contribution in [2.45, 2.75) is 52.4 Å². The Hall–Kier alpha value is -0.570. The molecule has 1 saturated heterocycles. The highest BCUT2D eigenvalue weighted by Gasteiger charge is 2.42. The van der Waals surface area contributed by atoms with Gasteiger partial charge in [-0.05, 0) is 62.4 Å². The van der Waals surface area contributed by atoms with Crippen molar-refractivity contribution in [3.63, 3.8) is 0 Å². The lowest BCUT2D eigenvalue weighted by Gasteiger charge is -2.18. The summed E-state index contributed by atoms with van der Waals surface area (Å²) in [6.07, 6.45) is 6.88. The van der Waals surface area contributed by atoms with Crippen LogP contribution in [0.3, 0.4) is 0 Å². The maximum Gasteiger partial charge on any atom is 0.220 e. The van der Waals surface area contributed by atoms with Crippen molar-refractivity contribution in [2.75, 3.05) is 19.6 Å². The van der Waals surface area contributed by atoms with Crippen LogP contribution in [-0.4, -0.2) is 25.5 Å². The van der Waals surface area contributed by atoms with E-state index in [0.29, 0.717) is 11.8 Å². The predicted molar refractivity (Wildman–Crippen MR) is 74.3 cm³/mol. The largest absolute Gasteiger partial charge is 0.356 e. The Balaban J connectivity index is 1.59. The van der Waals surface area contributed by atoms with Crippen LogP contribution in [0.4, 0.5) is 0 Å². The van der Waals surface area contributed by atoms with Gasteiger partial charge < -0.3 is 10.6 Å². The summed E-state index contributed by atoms with van der Waals surface area (Å²) in [5, 5.41) is 6.51. The maximum atomic E-state index is 11.8. The fraction of sp³-hybridized carbons (Fsp3) is 0.933. The zero-order valence-corrected chi connectivity index (χ0v) is 11.9. The normalized spacial score (nSPS) is 25.4. The van der Waals surface area contributed by atoms with Crippen molar-refractivity contribution in [1.82, 2.24) is 10.6 Å². The van der Waals surface area contributed by atoms with Gasteiger partial charge in [-0.3, -0.25) is 4.79 Å². The van der Waals surface area contributed by atoms with Crippen LogP contribution < -0.4 is 10.6 Å². The van der Waals surface area contributed by atoms with Crippen molar-refractivity contribution >= 4 is 5.91 Å². The molecule has 0 aromatic heterocycles. The van der Waals surface area contributed by atoms with Gasteiger partial charge in [0.25, 0.3) is 0 Å². The Bertz CT molecular complexity index is 278. The highest BCUT2D eigenvalue weighted by Crippen LogP contribution is 2.49. The molecule has 1 aliphatic heterocycles. The maximum absolute atomic E-state index is 11.8. The Morgan fingerprint density at radius 1 is 1.44 bits per heavy atom. The van der Waals surface area contributed by atoms with E-state index in [0.717, 1.165) is 37.9 Å². The van der Waals surface area contributed by atoms with Gasteiger partial charge in [0.1, 0.15) is 0 Å². The van der Waals surface area contributed by atoms with Crippen molar-refractivity contribution in [1.29, 1.82) is 0 Å². The van der Waals surface area contributed by atoms with Crippen LogP contribution in [0.15, 0.2) is 0 Å². The molecular formula is C15H28N2O. The highest BCUT2D eigenvalue weighted by molar-refractivity contribution is 5.75.